The van der Waals surface area contributed by atoms with Crippen LogP contribution in [-0.4, -0.2) is 66.9 Å². The summed E-state index contributed by atoms with van der Waals surface area (Å²) < 4.78 is 5.73. The van der Waals surface area contributed by atoms with E-state index < -0.39 is 0 Å². The number of rotatable bonds is 3. The minimum absolute atomic E-state index is 0.0795. The number of piperidine rings is 1. The van der Waals surface area contributed by atoms with E-state index in [1.165, 1.54) is 0 Å². The molecule has 3 fully saturated rings. The van der Waals surface area contributed by atoms with Crippen LogP contribution in [0.25, 0.3) is 11.0 Å². The number of carbonyl (C=O) groups is 1. The van der Waals surface area contributed by atoms with Crippen molar-refractivity contribution >= 4 is 16.9 Å². The molecule has 3 heterocycles. The Hall–Kier alpha value is -2.18. The molecule has 6 nitrogen and oxygen atoms in total. The number of carbonyl (C=O) groups excluding carboxylic acids is 1. The van der Waals surface area contributed by atoms with Crippen molar-refractivity contribution < 1.29 is 9.21 Å². The van der Waals surface area contributed by atoms with Crippen molar-refractivity contribution in [2.45, 2.75) is 39.2 Å². The molecule has 6 heteroatoms. The molecule has 0 N–H and O–H groups in total. The molecule has 1 spiro atoms. The first-order valence-electron chi connectivity index (χ1n) is 11.7. The Morgan fingerprint density at radius 1 is 1.13 bits per heavy atom. The van der Waals surface area contributed by atoms with Crippen molar-refractivity contribution in [2.24, 2.45) is 11.3 Å². The molecule has 0 radical (unpaired) electrons. The fraction of sp³-hybridized carbons (Fsp3) is 0.600. The van der Waals surface area contributed by atoms with E-state index in [0.29, 0.717) is 23.4 Å². The molecule has 31 heavy (non-hydrogen) atoms. The smallest absolute Gasteiger partial charge is 0.226 e. The molecule has 3 aliphatic rings. The van der Waals surface area contributed by atoms with E-state index in [2.05, 4.69) is 21.7 Å². The van der Waals surface area contributed by atoms with Crippen molar-refractivity contribution in [2.75, 3.05) is 46.3 Å². The van der Waals surface area contributed by atoms with Gasteiger partial charge < -0.3 is 14.2 Å². The van der Waals surface area contributed by atoms with Crippen LogP contribution in [0, 0.1) is 18.3 Å². The largest absolute Gasteiger partial charge is 0.464 e. The van der Waals surface area contributed by atoms with Crippen molar-refractivity contribution in [3.63, 3.8) is 0 Å². The van der Waals surface area contributed by atoms with E-state index in [0.717, 1.165) is 76.1 Å². The van der Waals surface area contributed by atoms with E-state index >= 15 is 0 Å². The average molecular weight is 424 g/mol. The molecule has 2 aromatic rings. The summed E-state index contributed by atoms with van der Waals surface area (Å²) in [5.74, 6) is 0.598. The zero-order chi connectivity index (χ0) is 21.6. The summed E-state index contributed by atoms with van der Waals surface area (Å²) in [6, 6.07) is 5.75. The number of amides is 1. The lowest BCUT2D eigenvalue weighted by Gasteiger charge is -2.33. The highest BCUT2D eigenvalue weighted by Crippen LogP contribution is 2.60. The predicted octanol–water partition coefficient (Wildman–Crippen LogP) is 2.87. The molecule has 166 valence electrons. The summed E-state index contributed by atoms with van der Waals surface area (Å²) in [5.41, 5.74) is 2.73. The van der Waals surface area contributed by atoms with Gasteiger partial charge in [0.1, 0.15) is 5.58 Å². The summed E-state index contributed by atoms with van der Waals surface area (Å²) in [6.07, 6.45) is 5.85. The van der Waals surface area contributed by atoms with Gasteiger partial charge in [-0.3, -0.25) is 14.5 Å². The number of hydrogen-bond acceptors (Lipinski definition) is 5. The number of nitrogens with zero attached hydrogens (tertiary/aromatic N) is 3. The molecule has 5 rings (SSSR count). The lowest BCUT2D eigenvalue weighted by Crippen LogP contribution is -2.39. The van der Waals surface area contributed by atoms with Gasteiger partial charge in [0, 0.05) is 37.7 Å². The van der Waals surface area contributed by atoms with Gasteiger partial charge in [-0.2, -0.15) is 0 Å². The van der Waals surface area contributed by atoms with E-state index in [9.17, 15) is 9.59 Å². The molecule has 1 saturated carbocycles. The van der Waals surface area contributed by atoms with Gasteiger partial charge in [-0.05, 0) is 76.8 Å². The molecular formula is C25H33N3O3. The third-order valence-electron chi connectivity index (χ3n) is 7.76. The van der Waals surface area contributed by atoms with Crippen molar-refractivity contribution in [1.29, 1.82) is 0 Å². The van der Waals surface area contributed by atoms with E-state index in [1.807, 2.05) is 25.1 Å². The van der Waals surface area contributed by atoms with E-state index in [4.69, 9.17) is 4.42 Å². The van der Waals surface area contributed by atoms with Crippen LogP contribution < -0.4 is 5.43 Å². The Kier molecular flexibility index (Phi) is 5.39. The number of likely N-dealkylation sites (N-methyl/N-ethyl adjacent to an activating group) is 1. The van der Waals surface area contributed by atoms with Crippen molar-refractivity contribution in [1.82, 2.24) is 14.7 Å². The Morgan fingerprint density at radius 2 is 1.94 bits per heavy atom. The van der Waals surface area contributed by atoms with Gasteiger partial charge >= 0.3 is 0 Å². The summed E-state index contributed by atoms with van der Waals surface area (Å²) in [4.78, 5) is 32.8. The number of benzene rings is 1. The summed E-state index contributed by atoms with van der Waals surface area (Å²) in [6.45, 7) is 8.33. The highest BCUT2D eigenvalue weighted by Gasteiger charge is 2.59. The molecule has 2 saturated heterocycles. The summed E-state index contributed by atoms with van der Waals surface area (Å²) in [5, 5.41) is 0.668. The van der Waals surface area contributed by atoms with E-state index in [1.54, 1.807) is 6.26 Å². The first-order chi connectivity index (χ1) is 14.9. The standard InChI is InChI=1S/C25H33N3O3/c1-18-4-5-22-20(14-18)23(29)19(17-31-22)16-27-10-6-25(7-11-27)15-21(25)24(30)28-9-3-8-26(2)12-13-28/h4-5,14,17,21H,3,6-13,15-16H2,1-2H3. The molecule has 1 aromatic carbocycles. The SMILES string of the molecule is Cc1ccc2occ(CN3CCC4(CC3)CC4C(=O)N3CCCN(C)CC3)c(=O)c2c1. The lowest BCUT2D eigenvalue weighted by molar-refractivity contribution is -0.133. The zero-order valence-electron chi connectivity index (χ0n) is 18.7. The Balaban J connectivity index is 1.20. The quantitative estimate of drug-likeness (QED) is 0.760. The van der Waals surface area contributed by atoms with Crippen LogP contribution in [0.3, 0.4) is 0 Å². The molecule has 1 aliphatic carbocycles. The van der Waals surface area contributed by atoms with Gasteiger partial charge in [0.05, 0.1) is 11.6 Å². The fourth-order valence-corrected chi connectivity index (χ4v) is 5.53. The predicted molar refractivity (Wildman–Crippen MR) is 121 cm³/mol. The number of hydrogen-bond donors (Lipinski definition) is 0. The van der Waals surface area contributed by atoms with Gasteiger partial charge in [0.15, 0.2) is 5.43 Å². The molecule has 1 aromatic heterocycles. The second-order valence-electron chi connectivity index (χ2n) is 9.97. The second-order valence-corrected chi connectivity index (χ2v) is 9.97. The third-order valence-corrected chi connectivity index (χ3v) is 7.76. The van der Waals surface area contributed by atoms with Crippen LogP contribution >= 0.6 is 0 Å². The number of aryl methyl sites for hydroxylation is 1. The summed E-state index contributed by atoms with van der Waals surface area (Å²) >= 11 is 0. The first kappa shape index (κ1) is 20.7. The minimum Gasteiger partial charge on any atom is -0.464 e. The second kappa shape index (κ2) is 8.06. The maximum Gasteiger partial charge on any atom is 0.226 e. The van der Waals surface area contributed by atoms with Gasteiger partial charge in [-0.25, -0.2) is 0 Å². The number of likely N-dealkylation sites (tertiary alicyclic amines) is 1. The third kappa shape index (κ3) is 4.03. The highest BCUT2D eigenvalue weighted by molar-refractivity contribution is 5.83. The zero-order valence-corrected chi connectivity index (χ0v) is 18.7. The van der Waals surface area contributed by atoms with Gasteiger partial charge in [-0.1, -0.05) is 11.6 Å². The van der Waals surface area contributed by atoms with Gasteiger partial charge in [0.2, 0.25) is 5.91 Å². The maximum atomic E-state index is 13.1. The molecule has 1 unspecified atom stereocenters. The van der Waals surface area contributed by atoms with Crippen LogP contribution in [0.15, 0.2) is 33.7 Å². The first-order valence-corrected chi connectivity index (χ1v) is 11.7. The monoisotopic (exact) mass is 423 g/mol. The minimum atomic E-state index is 0.0795. The topological polar surface area (TPSA) is 57.0 Å². The number of fused-ring (bicyclic) bond motifs is 1. The van der Waals surface area contributed by atoms with E-state index in [-0.39, 0.29) is 16.8 Å². The van der Waals surface area contributed by atoms with Crippen LogP contribution in [0.2, 0.25) is 0 Å². The van der Waals surface area contributed by atoms with Crippen molar-refractivity contribution in [3.8, 4) is 0 Å². The van der Waals surface area contributed by atoms with Crippen molar-refractivity contribution in [3.05, 3.63) is 45.8 Å². The van der Waals surface area contributed by atoms with Crippen LogP contribution in [0.5, 0.6) is 0 Å². The van der Waals surface area contributed by atoms with Gasteiger partial charge in [0.25, 0.3) is 0 Å². The Morgan fingerprint density at radius 3 is 2.74 bits per heavy atom. The molecule has 2 aliphatic heterocycles. The average Bonchev–Trinajstić information content (AvgIpc) is 3.51. The maximum absolute atomic E-state index is 13.1. The van der Waals surface area contributed by atoms with Crippen LogP contribution in [0.4, 0.5) is 0 Å². The fourth-order valence-electron chi connectivity index (χ4n) is 5.53. The summed E-state index contributed by atoms with van der Waals surface area (Å²) in [7, 11) is 2.14. The Labute approximate surface area is 183 Å². The lowest BCUT2D eigenvalue weighted by atomic mass is 9.90. The van der Waals surface area contributed by atoms with Crippen LogP contribution in [-0.2, 0) is 11.3 Å². The molecule has 1 amide bonds. The molecule has 1 atom stereocenters. The van der Waals surface area contributed by atoms with Crippen LogP contribution in [0.1, 0.15) is 36.8 Å². The normalized spacial score (nSPS) is 24.5. The van der Waals surface area contributed by atoms with Gasteiger partial charge in [-0.15, -0.1) is 0 Å². The highest BCUT2D eigenvalue weighted by atomic mass is 16.3. The molecular weight excluding hydrogens is 390 g/mol. The molecule has 0 bridgehead atoms. The Bertz CT molecular complexity index is 1040.